The number of carbonyl (C=O) groups excluding carboxylic acids is 1. The number of hydrogen-bond donors (Lipinski definition) is 1. The van der Waals surface area contributed by atoms with E-state index < -0.39 is 5.54 Å². The number of aryl methyl sites for hydroxylation is 1. The lowest BCUT2D eigenvalue weighted by atomic mass is 10.1. The van der Waals surface area contributed by atoms with Crippen molar-refractivity contribution in [3.05, 3.63) is 41.6 Å². The molecule has 4 nitrogen and oxygen atoms in total. The average Bonchev–Trinajstić information content (AvgIpc) is 2.63. The molecule has 2 aromatic rings. The number of hydrogen-bond acceptors (Lipinski definition) is 3. The van der Waals surface area contributed by atoms with Gasteiger partial charge in [-0.2, -0.15) is 0 Å². The molecule has 0 unspecified atom stereocenters. The Bertz CT molecular complexity index is 716. The first-order chi connectivity index (χ1) is 8.97. The molecule has 2 heterocycles. The van der Waals surface area contributed by atoms with Gasteiger partial charge in [0.15, 0.2) is 5.84 Å². The van der Waals surface area contributed by atoms with Gasteiger partial charge in [-0.3, -0.25) is 9.79 Å². The Hall–Kier alpha value is -2.23. The molecular formula is C15H15N3O. The Kier molecular flexibility index (Phi) is 2.42. The van der Waals surface area contributed by atoms with E-state index in [2.05, 4.69) is 21.4 Å². The van der Waals surface area contributed by atoms with Crippen LogP contribution < -0.4 is 5.32 Å². The normalized spacial score (nSPS) is 17.4. The quantitative estimate of drug-likeness (QED) is 0.847. The number of carbonyl (C=O) groups is 1. The summed E-state index contributed by atoms with van der Waals surface area (Å²) in [6.07, 6.45) is 0. The average molecular weight is 253 g/mol. The van der Waals surface area contributed by atoms with Crippen molar-refractivity contribution in [1.82, 2.24) is 10.3 Å². The van der Waals surface area contributed by atoms with Crippen LogP contribution in [-0.2, 0) is 4.79 Å². The summed E-state index contributed by atoms with van der Waals surface area (Å²) in [6.45, 7) is 5.58. The molecule has 0 saturated heterocycles. The maximum atomic E-state index is 11.8. The summed E-state index contributed by atoms with van der Waals surface area (Å²) < 4.78 is 0. The third-order valence-corrected chi connectivity index (χ3v) is 3.32. The zero-order chi connectivity index (χ0) is 13.6. The van der Waals surface area contributed by atoms with Crippen LogP contribution >= 0.6 is 0 Å². The van der Waals surface area contributed by atoms with Crippen LogP contribution in [0.4, 0.5) is 0 Å². The second-order valence-corrected chi connectivity index (χ2v) is 5.32. The van der Waals surface area contributed by atoms with Crippen LogP contribution in [0.3, 0.4) is 0 Å². The van der Waals surface area contributed by atoms with Crippen molar-refractivity contribution in [2.75, 3.05) is 0 Å². The number of para-hydroxylation sites is 1. The van der Waals surface area contributed by atoms with Gasteiger partial charge in [-0.1, -0.05) is 18.2 Å². The second-order valence-electron chi connectivity index (χ2n) is 5.32. The highest BCUT2D eigenvalue weighted by atomic mass is 16.2. The fourth-order valence-corrected chi connectivity index (χ4v) is 2.19. The molecule has 1 N–H and O–H groups in total. The van der Waals surface area contributed by atoms with Gasteiger partial charge >= 0.3 is 0 Å². The molecule has 96 valence electrons. The van der Waals surface area contributed by atoms with E-state index in [1.165, 1.54) is 0 Å². The molecule has 0 spiro atoms. The fourth-order valence-electron chi connectivity index (χ4n) is 2.19. The van der Waals surface area contributed by atoms with E-state index in [0.29, 0.717) is 5.84 Å². The van der Waals surface area contributed by atoms with Crippen LogP contribution in [0.2, 0.25) is 0 Å². The molecule has 0 atom stereocenters. The molecule has 1 aliphatic heterocycles. The lowest BCUT2D eigenvalue weighted by Crippen LogP contribution is -2.35. The number of fused-ring (bicyclic) bond motifs is 1. The van der Waals surface area contributed by atoms with E-state index in [4.69, 9.17) is 0 Å². The Morgan fingerprint density at radius 1 is 1.21 bits per heavy atom. The lowest BCUT2D eigenvalue weighted by molar-refractivity contribution is -0.122. The Morgan fingerprint density at radius 2 is 1.95 bits per heavy atom. The van der Waals surface area contributed by atoms with Gasteiger partial charge in [0.1, 0.15) is 11.2 Å². The van der Waals surface area contributed by atoms with Gasteiger partial charge in [0.2, 0.25) is 0 Å². The summed E-state index contributed by atoms with van der Waals surface area (Å²) in [7, 11) is 0. The number of aliphatic imine (C=N–C) groups is 1. The Morgan fingerprint density at radius 3 is 2.63 bits per heavy atom. The number of pyridine rings is 1. The van der Waals surface area contributed by atoms with E-state index in [9.17, 15) is 4.79 Å². The predicted octanol–water partition coefficient (Wildman–Crippen LogP) is 2.20. The van der Waals surface area contributed by atoms with Crippen molar-refractivity contribution in [2.24, 2.45) is 4.99 Å². The van der Waals surface area contributed by atoms with Crippen LogP contribution in [-0.4, -0.2) is 22.3 Å². The standard InChI is InChI=1S/C15H15N3O/c1-9-8-10-6-4-5-7-11(10)16-12(9)13-17-14(19)15(2,3)18-13/h4-8H,1-3H3,(H,17,18,19). The highest BCUT2D eigenvalue weighted by Crippen LogP contribution is 2.21. The van der Waals surface area contributed by atoms with Crippen molar-refractivity contribution in [1.29, 1.82) is 0 Å². The zero-order valence-electron chi connectivity index (χ0n) is 11.2. The number of rotatable bonds is 1. The van der Waals surface area contributed by atoms with Crippen molar-refractivity contribution >= 4 is 22.6 Å². The fraction of sp³-hybridized carbons (Fsp3) is 0.267. The molecule has 4 heteroatoms. The molecule has 0 aliphatic carbocycles. The first-order valence-electron chi connectivity index (χ1n) is 6.25. The lowest BCUT2D eigenvalue weighted by Gasteiger charge is -2.07. The molecule has 1 aromatic carbocycles. The van der Waals surface area contributed by atoms with E-state index >= 15 is 0 Å². The molecule has 0 saturated carbocycles. The summed E-state index contributed by atoms with van der Waals surface area (Å²) in [5.74, 6) is 0.482. The number of nitrogens with one attached hydrogen (secondary N) is 1. The summed E-state index contributed by atoms with van der Waals surface area (Å²) in [4.78, 5) is 20.8. The first kappa shape index (κ1) is 11.8. The minimum atomic E-state index is -0.713. The van der Waals surface area contributed by atoms with Gasteiger partial charge in [0.05, 0.1) is 5.52 Å². The van der Waals surface area contributed by atoms with Gasteiger partial charge in [-0.15, -0.1) is 0 Å². The first-order valence-corrected chi connectivity index (χ1v) is 6.25. The summed E-state index contributed by atoms with van der Waals surface area (Å²) in [5.41, 5.74) is 1.95. The molecule has 1 aromatic heterocycles. The molecule has 0 bridgehead atoms. The van der Waals surface area contributed by atoms with E-state index in [-0.39, 0.29) is 5.91 Å². The largest absolute Gasteiger partial charge is 0.307 e. The van der Waals surface area contributed by atoms with Crippen LogP contribution in [0.25, 0.3) is 10.9 Å². The molecule has 1 amide bonds. The monoisotopic (exact) mass is 253 g/mol. The van der Waals surface area contributed by atoms with Crippen molar-refractivity contribution in [3.63, 3.8) is 0 Å². The molecule has 0 radical (unpaired) electrons. The maximum Gasteiger partial charge on any atom is 0.252 e. The highest BCUT2D eigenvalue weighted by molar-refractivity contribution is 6.15. The number of aromatic nitrogens is 1. The number of benzene rings is 1. The van der Waals surface area contributed by atoms with Crippen molar-refractivity contribution < 1.29 is 4.79 Å². The summed E-state index contributed by atoms with van der Waals surface area (Å²) in [6, 6.07) is 9.99. The third kappa shape index (κ3) is 1.89. The third-order valence-electron chi connectivity index (χ3n) is 3.32. The smallest absolute Gasteiger partial charge is 0.252 e. The van der Waals surface area contributed by atoms with Crippen molar-refractivity contribution in [3.8, 4) is 0 Å². The van der Waals surface area contributed by atoms with E-state index in [1.807, 2.05) is 31.2 Å². The topological polar surface area (TPSA) is 54.4 Å². The van der Waals surface area contributed by atoms with Gasteiger partial charge in [-0.25, -0.2) is 4.98 Å². The van der Waals surface area contributed by atoms with Crippen LogP contribution in [0.5, 0.6) is 0 Å². The molecule has 1 aliphatic rings. The van der Waals surface area contributed by atoms with Crippen LogP contribution in [0, 0.1) is 6.92 Å². The second kappa shape index (κ2) is 3.88. The number of nitrogens with zero attached hydrogens (tertiary/aromatic N) is 2. The molecule has 19 heavy (non-hydrogen) atoms. The van der Waals surface area contributed by atoms with Crippen LogP contribution in [0.1, 0.15) is 25.1 Å². The SMILES string of the molecule is Cc1cc2ccccc2nc1C1=NC(C)(C)C(=O)N1. The molecular weight excluding hydrogens is 238 g/mol. The van der Waals surface area contributed by atoms with Gasteiger partial charge in [-0.05, 0) is 38.5 Å². The van der Waals surface area contributed by atoms with Crippen molar-refractivity contribution in [2.45, 2.75) is 26.3 Å². The Balaban J connectivity index is 2.16. The minimum absolute atomic E-state index is 0.0862. The number of amidine groups is 1. The van der Waals surface area contributed by atoms with E-state index in [1.54, 1.807) is 13.8 Å². The minimum Gasteiger partial charge on any atom is -0.307 e. The molecule has 0 fully saturated rings. The summed E-state index contributed by atoms with van der Waals surface area (Å²) >= 11 is 0. The van der Waals surface area contributed by atoms with Gasteiger partial charge in [0.25, 0.3) is 5.91 Å². The Labute approximate surface area is 111 Å². The van der Waals surface area contributed by atoms with Crippen LogP contribution in [0.15, 0.2) is 35.3 Å². The maximum absolute atomic E-state index is 11.8. The summed E-state index contributed by atoms with van der Waals surface area (Å²) in [5, 5.41) is 3.91. The predicted molar refractivity (Wildman–Crippen MR) is 75.2 cm³/mol. The number of amides is 1. The van der Waals surface area contributed by atoms with Gasteiger partial charge in [0, 0.05) is 5.39 Å². The zero-order valence-corrected chi connectivity index (χ0v) is 11.2. The highest BCUT2D eigenvalue weighted by Gasteiger charge is 2.35. The molecule has 3 rings (SSSR count). The van der Waals surface area contributed by atoms with E-state index in [0.717, 1.165) is 22.2 Å². The van der Waals surface area contributed by atoms with Gasteiger partial charge < -0.3 is 5.32 Å².